The normalized spacial score (nSPS) is 18.3. The fourth-order valence-corrected chi connectivity index (χ4v) is 3.42. The Morgan fingerprint density at radius 2 is 2.13 bits per heavy atom. The number of hydrogen-bond donors (Lipinski definition) is 1. The second kappa shape index (κ2) is 9.67. The minimum atomic E-state index is 0.0276. The minimum absolute atomic E-state index is 0.0276. The Bertz CT molecular complexity index is 481. The van der Waals surface area contributed by atoms with Gasteiger partial charge in [-0.05, 0) is 29.4 Å². The summed E-state index contributed by atoms with van der Waals surface area (Å²) in [6.45, 7) is 5.51. The second-order valence-corrected chi connectivity index (χ2v) is 6.92. The standard InChI is InChI=1S/C17H26N2O3S/c1-14-12-19(7-10-23-13-14)17(20)18-11-15-3-5-16(6-4-15)22-9-8-21-2/h3-6,14H,7-13H2,1-2H3,(H,18,20)/t14-/m1/s1. The van der Waals surface area contributed by atoms with Crippen molar-refractivity contribution in [2.75, 3.05) is 44.9 Å². The summed E-state index contributed by atoms with van der Waals surface area (Å²) < 4.78 is 10.5. The zero-order valence-corrected chi connectivity index (χ0v) is 14.7. The van der Waals surface area contributed by atoms with Gasteiger partial charge in [-0.3, -0.25) is 0 Å². The van der Waals surface area contributed by atoms with E-state index in [9.17, 15) is 4.79 Å². The van der Waals surface area contributed by atoms with Crippen LogP contribution < -0.4 is 10.1 Å². The largest absolute Gasteiger partial charge is 0.491 e. The van der Waals surface area contributed by atoms with Gasteiger partial charge in [-0.2, -0.15) is 11.8 Å². The van der Waals surface area contributed by atoms with Crippen molar-refractivity contribution in [1.29, 1.82) is 0 Å². The van der Waals surface area contributed by atoms with Gasteiger partial charge in [-0.15, -0.1) is 0 Å². The third-order valence-corrected chi connectivity index (χ3v) is 4.93. The minimum Gasteiger partial charge on any atom is -0.491 e. The third-order valence-electron chi connectivity index (χ3n) is 3.65. The molecule has 1 aliphatic rings. The molecule has 0 aliphatic carbocycles. The summed E-state index contributed by atoms with van der Waals surface area (Å²) in [5.74, 6) is 3.52. The lowest BCUT2D eigenvalue weighted by Gasteiger charge is -2.22. The van der Waals surface area contributed by atoms with Crippen molar-refractivity contribution in [1.82, 2.24) is 10.2 Å². The SMILES string of the molecule is COCCOc1ccc(CNC(=O)N2CCSC[C@H](C)C2)cc1. The first-order valence-electron chi connectivity index (χ1n) is 8.00. The fourth-order valence-electron chi connectivity index (χ4n) is 2.40. The lowest BCUT2D eigenvalue weighted by Crippen LogP contribution is -2.42. The Balaban J connectivity index is 1.77. The topological polar surface area (TPSA) is 50.8 Å². The Labute approximate surface area is 142 Å². The van der Waals surface area contributed by atoms with Crippen molar-refractivity contribution in [3.8, 4) is 5.75 Å². The van der Waals surface area contributed by atoms with Crippen molar-refractivity contribution < 1.29 is 14.3 Å². The maximum Gasteiger partial charge on any atom is 0.317 e. The number of carbonyl (C=O) groups is 1. The van der Waals surface area contributed by atoms with Gasteiger partial charge in [-0.1, -0.05) is 19.1 Å². The molecule has 0 radical (unpaired) electrons. The number of thioether (sulfide) groups is 1. The number of methoxy groups -OCH3 is 1. The van der Waals surface area contributed by atoms with Crippen molar-refractivity contribution in [2.24, 2.45) is 5.92 Å². The predicted octanol–water partition coefficient (Wildman–Crippen LogP) is 2.61. The summed E-state index contributed by atoms with van der Waals surface area (Å²) in [6, 6.07) is 7.82. The molecule has 0 aromatic heterocycles. The number of benzene rings is 1. The Hall–Kier alpha value is -1.40. The average Bonchev–Trinajstić information content (AvgIpc) is 2.78. The van der Waals surface area contributed by atoms with Crippen LogP contribution in [0.15, 0.2) is 24.3 Å². The van der Waals surface area contributed by atoms with Gasteiger partial charge in [0.05, 0.1) is 6.61 Å². The van der Waals surface area contributed by atoms with Crippen molar-refractivity contribution in [3.63, 3.8) is 0 Å². The molecular formula is C17H26N2O3S. The van der Waals surface area contributed by atoms with E-state index in [2.05, 4.69) is 12.2 Å². The molecule has 1 saturated heterocycles. The first-order chi connectivity index (χ1) is 11.2. The summed E-state index contributed by atoms with van der Waals surface area (Å²) in [4.78, 5) is 14.2. The van der Waals surface area contributed by atoms with E-state index in [4.69, 9.17) is 9.47 Å². The molecule has 0 bridgehead atoms. The van der Waals surface area contributed by atoms with Gasteiger partial charge in [-0.25, -0.2) is 4.79 Å². The number of ether oxygens (including phenoxy) is 2. The summed E-state index contributed by atoms with van der Waals surface area (Å²) in [7, 11) is 1.65. The highest BCUT2D eigenvalue weighted by molar-refractivity contribution is 7.99. The summed E-state index contributed by atoms with van der Waals surface area (Å²) in [5.41, 5.74) is 1.06. The zero-order valence-electron chi connectivity index (χ0n) is 13.9. The van der Waals surface area contributed by atoms with Gasteiger partial charge < -0.3 is 19.7 Å². The van der Waals surface area contributed by atoms with Crippen LogP contribution in [0.25, 0.3) is 0 Å². The van der Waals surface area contributed by atoms with Crippen LogP contribution in [-0.2, 0) is 11.3 Å². The van der Waals surface area contributed by atoms with Crippen molar-refractivity contribution >= 4 is 17.8 Å². The van der Waals surface area contributed by atoms with Crippen LogP contribution in [0.5, 0.6) is 5.75 Å². The van der Waals surface area contributed by atoms with E-state index in [1.54, 1.807) is 7.11 Å². The van der Waals surface area contributed by atoms with Crippen LogP contribution in [0.1, 0.15) is 12.5 Å². The van der Waals surface area contributed by atoms with Crippen LogP contribution in [0.4, 0.5) is 4.79 Å². The molecule has 23 heavy (non-hydrogen) atoms. The Kier molecular flexibility index (Phi) is 7.55. The molecule has 1 heterocycles. The number of rotatable bonds is 6. The lowest BCUT2D eigenvalue weighted by molar-refractivity contribution is 0.146. The molecule has 1 atom stereocenters. The number of hydrogen-bond acceptors (Lipinski definition) is 4. The number of amides is 2. The predicted molar refractivity (Wildman–Crippen MR) is 94.1 cm³/mol. The van der Waals surface area contributed by atoms with Crippen LogP contribution >= 0.6 is 11.8 Å². The smallest absolute Gasteiger partial charge is 0.317 e. The molecule has 0 unspecified atom stereocenters. The van der Waals surface area contributed by atoms with E-state index in [0.717, 1.165) is 35.9 Å². The van der Waals surface area contributed by atoms with Crippen molar-refractivity contribution in [2.45, 2.75) is 13.5 Å². The quantitative estimate of drug-likeness (QED) is 0.810. The molecule has 5 nitrogen and oxygen atoms in total. The van der Waals surface area contributed by atoms with Gasteiger partial charge in [0.25, 0.3) is 0 Å². The highest BCUT2D eigenvalue weighted by Gasteiger charge is 2.19. The van der Waals surface area contributed by atoms with E-state index < -0.39 is 0 Å². The van der Waals surface area contributed by atoms with Crippen molar-refractivity contribution in [3.05, 3.63) is 29.8 Å². The van der Waals surface area contributed by atoms with E-state index in [1.165, 1.54) is 0 Å². The molecule has 1 aliphatic heterocycles. The lowest BCUT2D eigenvalue weighted by atomic mass is 10.2. The molecule has 1 aromatic carbocycles. The molecule has 6 heteroatoms. The summed E-state index contributed by atoms with van der Waals surface area (Å²) >= 11 is 1.92. The average molecular weight is 338 g/mol. The van der Waals surface area contributed by atoms with Gasteiger partial charge in [0, 0.05) is 32.5 Å². The molecule has 128 valence electrons. The molecule has 2 amide bonds. The summed E-state index contributed by atoms with van der Waals surface area (Å²) in [6.07, 6.45) is 0. The molecule has 1 N–H and O–H groups in total. The second-order valence-electron chi connectivity index (χ2n) is 5.77. The number of nitrogens with zero attached hydrogens (tertiary/aromatic N) is 1. The molecule has 1 fully saturated rings. The third kappa shape index (κ3) is 6.31. The first kappa shape index (κ1) is 17.9. The fraction of sp³-hybridized carbons (Fsp3) is 0.588. The maximum absolute atomic E-state index is 12.3. The molecule has 0 saturated carbocycles. The van der Waals surface area contributed by atoms with E-state index >= 15 is 0 Å². The Morgan fingerprint density at radius 3 is 2.87 bits per heavy atom. The van der Waals surface area contributed by atoms with Gasteiger partial charge in [0.15, 0.2) is 0 Å². The first-order valence-corrected chi connectivity index (χ1v) is 9.15. The van der Waals surface area contributed by atoms with Gasteiger partial charge in [0.1, 0.15) is 12.4 Å². The van der Waals surface area contributed by atoms with Crippen LogP contribution in [0.3, 0.4) is 0 Å². The monoisotopic (exact) mass is 338 g/mol. The maximum atomic E-state index is 12.3. The van der Waals surface area contributed by atoms with Gasteiger partial charge in [0.2, 0.25) is 0 Å². The van der Waals surface area contributed by atoms with Crippen LogP contribution in [-0.4, -0.2) is 55.8 Å². The van der Waals surface area contributed by atoms with E-state index in [1.807, 2.05) is 40.9 Å². The Morgan fingerprint density at radius 1 is 1.35 bits per heavy atom. The number of urea groups is 1. The molecule has 0 spiro atoms. The molecule has 2 rings (SSSR count). The van der Waals surface area contributed by atoms with Gasteiger partial charge >= 0.3 is 6.03 Å². The number of carbonyl (C=O) groups excluding carboxylic acids is 1. The highest BCUT2D eigenvalue weighted by Crippen LogP contribution is 2.16. The summed E-state index contributed by atoms with van der Waals surface area (Å²) in [5, 5.41) is 3.01. The molecular weight excluding hydrogens is 312 g/mol. The number of nitrogens with one attached hydrogen (secondary N) is 1. The van der Waals surface area contributed by atoms with Crippen LogP contribution in [0, 0.1) is 5.92 Å². The molecule has 1 aromatic rings. The van der Waals surface area contributed by atoms with E-state index in [0.29, 0.717) is 25.7 Å². The van der Waals surface area contributed by atoms with Crippen LogP contribution in [0.2, 0.25) is 0 Å². The zero-order chi connectivity index (χ0) is 16.5. The highest BCUT2D eigenvalue weighted by atomic mass is 32.2. The van der Waals surface area contributed by atoms with E-state index in [-0.39, 0.29) is 6.03 Å².